The maximum absolute atomic E-state index is 13.3. The standard InChI is InChI=1S/C27H33N3O2/c1-28(2)26(32)24-19-21-8-4-6-10-23(21)30(24)25(31)12-16-29-17-14-27(15-18-29)13-11-20-7-3-5-9-22(20)27/h3-10,24H,11-19H2,1-2H3. The van der Waals surface area contributed by atoms with Gasteiger partial charge in [-0.05, 0) is 66.9 Å². The summed E-state index contributed by atoms with van der Waals surface area (Å²) in [5, 5.41) is 0. The van der Waals surface area contributed by atoms with Crippen LogP contribution in [0.4, 0.5) is 5.69 Å². The van der Waals surface area contributed by atoms with E-state index in [1.54, 1.807) is 29.5 Å². The molecule has 168 valence electrons. The summed E-state index contributed by atoms with van der Waals surface area (Å²) >= 11 is 0. The van der Waals surface area contributed by atoms with Crippen molar-refractivity contribution in [3.63, 3.8) is 0 Å². The third-order valence-corrected chi connectivity index (χ3v) is 7.89. The van der Waals surface area contributed by atoms with Gasteiger partial charge in [-0.1, -0.05) is 42.5 Å². The summed E-state index contributed by atoms with van der Waals surface area (Å²) in [6.45, 7) is 2.84. The molecule has 1 saturated heterocycles. The van der Waals surface area contributed by atoms with E-state index >= 15 is 0 Å². The quantitative estimate of drug-likeness (QED) is 0.745. The van der Waals surface area contributed by atoms with Gasteiger partial charge < -0.3 is 9.80 Å². The molecule has 1 unspecified atom stereocenters. The Labute approximate surface area is 191 Å². The number of anilines is 1. The van der Waals surface area contributed by atoms with Crippen LogP contribution in [0.2, 0.25) is 0 Å². The number of amides is 2. The molecule has 5 heteroatoms. The van der Waals surface area contributed by atoms with Gasteiger partial charge in [0, 0.05) is 39.2 Å². The lowest BCUT2D eigenvalue weighted by Gasteiger charge is -2.40. The predicted molar refractivity (Wildman–Crippen MR) is 127 cm³/mol. The second-order valence-corrected chi connectivity index (χ2v) is 9.87. The molecule has 1 spiro atoms. The lowest BCUT2D eigenvalue weighted by molar-refractivity contribution is -0.132. The number of benzene rings is 2. The van der Waals surface area contributed by atoms with Gasteiger partial charge in [-0.3, -0.25) is 14.5 Å². The molecule has 0 saturated carbocycles. The Hall–Kier alpha value is -2.66. The van der Waals surface area contributed by atoms with Gasteiger partial charge in [0.1, 0.15) is 6.04 Å². The monoisotopic (exact) mass is 431 g/mol. The molecule has 2 heterocycles. The number of nitrogens with zero attached hydrogens (tertiary/aromatic N) is 3. The molecule has 0 aromatic heterocycles. The summed E-state index contributed by atoms with van der Waals surface area (Å²) in [6, 6.07) is 16.5. The van der Waals surface area contributed by atoms with E-state index in [2.05, 4.69) is 29.2 Å². The third-order valence-electron chi connectivity index (χ3n) is 7.89. The highest BCUT2D eigenvalue weighted by Gasteiger charge is 2.42. The Morgan fingerprint density at radius 1 is 0.969 bits per heavy atom. The number of carbonyl (C=O) groups excluding carboxylic acids is 2. The summed E-state index contributed by atoms with van der Waals surface area (Å²) in [5.74, 6) is 0.0519. The summed E-state index contributed by atoms with van der Waals surface area (Å²) in [7, 11) is 3.53. The minimum Gasteiger partial charge on any atom is -0.347 e. The lowest BCUT2D eigenvalue weighted by atomic mass is 9.74. The van der Waals surface area contributed by atoms with Crippen molar-refractivity contribution in [2.24, 2.45) is 0 Å². The third kappa shape index (κ3) is 3.62. The molecular formula is C27H33N3O2. The van der Waals surface area contributed by atoms with Crippen LogP contribution in [0.3, 0.4) is 0 Å². The Bertz CT molecular complexity index is 1020. The summed E-state index contributed by atoms with van der Waals surface area (Å²) in [5.41, 5.74) is 5.42. The van der Waals surface area contributed by atoms with Crippen molar-refractivity contribution in [3.05, 3.63) is 65.2 Å². The number of hydrogen-bond donors (Lipinski definition) is 0. The molecule has 1 aliphatic carbocycles. The van der Waals surface area contributed by atoms with Crippen molar-refractivity contribution < 1.29 is 9.59 Å². The molecule has 2 aromatic rings. The number of hydrogen-bond acceptors (Lipinski definition) is 3. The van der Waals surface area contributed by atoms with Crippen LogP contribution in [0.25, 0.3) is 0 Å². The fourth-order valence-electron chi connectivity index (χ4n) is 6.05. The number of likely N-dealkylation sites (tertiary alicyclic amines) is 1. The molecule has 2 aliphatic heterocycles. The number of rotatable bonds is 4. The van der Waals surface area contributed by atoms with Crippen molar-refractivity contribution in [3.8, 4) is 0 Å². The van der Waals surface area contributed by atoms with E-state index < -0.39 is 6.04 Å². The first-order chi connectivity index (χ1) is 15.5. The molecule has 5 nitrogen and oxygen atoms in total. The predicted octanol–water partition coefficient (Wildman–Crippen LogP) is 3.40. The average Bonchev–Trinajstić information content (AvgIpc) is 3.37. The van der Waals surface area contributed by atoms with Crippen molar-refractivity contribution in [2.45, 2.75) is 50.0 Å². The van der Waals surface area contributed by atoms with Gasteiger partial charge >= 0.3 is 0 Å². The molecule has 32 heavy (non-hydrogen) atoms. The number of aryl methyl sites for hydroxylation is 1. The molecular weight excluding hydrogens is 398 g/mol. The van der Waals surface area contributed by atoms with Gasteiger partial charge in [0.05, 0.1) is 0 Å². The Kier molecular flexibility index (Phi) is 5.54. The molecule has 0 N–H and O–H groups in total. The van der Waals surface area contributed by atoms with Crippen LogP contribution < -0.4 is 4.90 Å². The van der Waals surface area contributed by atoms with Crippen molar-refractivity contribution >= 4 is 17.5 Å². The van der Waals surface area contributed by atoms with E-state index in [9.17, 15) is 9.59 Å². The molecule has 3 aliphatic rings. The zero-order valence-electron chi connectivity index (χ0n) is 19.2. The van der Waals surface area contributed by atoms with Crippen LogP contribution in [-0.4, -0.2) is 61.4 Å². The maximum atomic E-state index is 13.3. The maximum Gasteiger partial charge on any atom is 0.245 e. The van der Waals surface area contributed by atoms with Crippen LogP contribution in [0.5, 0.6) is 0 Å². The molecule has 1 fully saturated rings. The zero-order valence-corrected chi connectivity index (χ0v) is 19.2. The first-order valence-electron chi connectivity index (χ1n) is 11.9. The highest BCUT2D eigenvalue weighted by Crippen LogP contribution is 2.46. The smallest absolute Gasteiger partial charge is 0.245 e. The van der Waals surface area contributed by atoms with Gasteiger partial charge in [0.2, 0.25) is 11.8 Å². The van der Waals surface area contributed by atoms with Crippen LogP contribution in [0, 0.1) is 0 Å². The number of para-hydroxylation sites is 1. The normalized spacial score (nSPS) is 21.4. The van der Waals surface area contributed by atoms with Gasteiger partial charge in [0.25, 0.3) is 0 Å². The SMILES string of the molecule is CN(C)C(=O)C1Cc2ccccc2N1C(=O)CCN1CCC2(CCc3ccccc32)CC1. The van der Waals surface area contributed by atoms with Crippen molar-refractivity contribution in [2.75, 3.05) is 38.6 Å². The molecule has 1 atom stereocenters. The van der Waals surface area contributed by atoms with E-state index in [4.69, 9.17) is 0 Å². The van der Waals surface area contributed by atoms with Crippen molar-refractivity contribution in [1.29, 1.82) is 0 Å². The van der Waals surface area contributed by atoms with Gasteiger partial charge in [-0.15, -0.1) is 0 Å². The van der Waals surface area contributed by atoms with E-state index in [1.165, 1.54) is 31.2 Å². The van der Waals surface area contributed by atoms with Gasteiger partial charge in [-0.2, -0.15) is 0 Å². The van der Waals surface area contributed by atoms with E-state index in [0.29, 0.717) is 18.3 Å². The molecule has 0 bridgehead atoms. The average molecular weight is 432 g/mol. The first-order valence-corrected chi connectivity index (χ1v) is 11.9. The van der Waals surface area contributed by atoms with Gasteiger partial charge in [-0.25, -0.2) is 0 Å². The number of fused-ring (bicyclic) bond motifs is 3. The largest absolute Gasteiger partial charge is 0.347 e. The second kappa shape index (κ2) is 8.36. The minimum atomic E-state index is -0.422. The number of likely N-dealkylation sites (N-methyl/N-ethyl adjacent to an activating group) is 1. The topological polar surface area (TPSA) is 43.9 Å². The summed E-state index contributed by atoms with van der Waals surface area (Å²) in [4.78, 5) is 31.9. The van der Waals surface area contributed by atoms with Crippen LogP contribution in [-0.2, 0) is 27.8 Å². The second-order valence-electron chi connectivity index (χ2n) is 9.87. The summed E-state index contributed by atoms with van der Waals surface area (Å²) < 4.78 is 0. The molecule has 0 radical (unpaired) electrons. The molecule has 2 aromatic carbocycles. The summed E-state index contributed by atoms with van der Waals surface area (Å²) in [6.07, 6.45) is 5.86. The Morgan fingerprint density at radius 3 is 2.41 bits per heavy atom. The van der Waals surface area contributed by atoms with E-state index in [-0.39, 0.29) is 11.8 Å². The lowest BCUT2D eigenvalue weighted by Crippen LogP contribution is -2.48. The fourth-order valence-corrected chi connectivity index (χ4v) is 6.05. The zero-order chi connectivity index (χ0) is 22.3. The minimum absolute atomic E-state index is 0.00522. The Balaban J connectivity index is 1.23. The molecule has 5 rings (SSSR count). The van der Waals surface area contributed by atoms with Crippen LogP contribution >= 0.6 is 0 Å². The highest BCUT2D eigenvalue weighted by molar-refractivity contribution is 6.03. The number of carbonyl (C=O) groups is 2. The van der Waals surface area contributed by atoms with E-state index in [0.717, 1.165) is 30.9 Å². The highest BCUT2D eigenvalue weighted by atomic mass is 16.2. The first kappa shape index (κ1) is 21.2. The Morgan fingerprint density at radius 2 is 1.66 bits per heavy atom. The van der Waals surface area contributed by atoms with Crippen molar-refractivity contribution in [1.82, 2.24) is 9.80 Å². The van der Waals surface area contributed by atoms with Crippen LogP contribution in [0.1, 0.15) is 42.4 Å². The van der Waals surface area contributed by atoms with E-state index in [1.807, 2.05) is 24.3 Å². The van der Waals surface area contributed by atoms with Gasteiger partial charge in [0.15, 0.2) is 0 Å². The number of piperidine rings is 1. The molecule has 2 amide bonds. The van der Waals surface area contributed by atoms with Crippen LogP contribution in [0.15, 0.2) is 48.5 Å². The fraction of sp³-hybridized carbons (Fsp3) is 0.481.